The van der Waals surface area contributed by atoms with E-state index in [1.54, 1.807) is 12.1 Å². The Balaban J connectivity index is 2.37. The molecule has 0 saturated heterocycles. The van der Waals surface area contributed by atoms with Gasteiger partial charge in [0.2, 0.25) is 0 Å². The number of phenols is 2. The lowest BCUT2D eigenvalue weighted by Gasteiger charge is -2.12. The number of hydrogen-bond acceptors (Lipinski definition) is 3. The van der Waals surface area contributed by atoms with Gasteiger partial charge in [-0.3, -0.25) is 0 Å². The summed E-state index contributed by atoms with van der Waals surface area (Å²) in [5.74, 6) is 1.30. The number of rotatable bonds is 4. The molecule has 0 heterocycles. The topological polar surface area (TPSA) is 40.5 Å². The van der Waals surface area contributed by atoms with Gasteiger partial charge in [-0.25, -0.2) is 0 Å². The predicted octanol–water partition coefficient (Wildman–Crippen LogP) is 5.50. The van der Waals surface area contributed by atoms with E-state index >= 15 is 0 Å². The molecule has 21 heavy (non-hydrogen) atoms. The minimum absolute atomic E-state index is 0.249. The van der Waals surface area contributed by atoms with Crippen LogP contribution in [0.3, 0.4) is 0 Å². The normalized spacial score (nSPS) is 11.3. The van der Waals surface area contributed by atoms with E-state index in [1.807, 2.05) is 24.3 Å². The predicted molar refractivity (Wildman–Crippen MR) is 88.5 cm³/mol. The third-order valence-corrected chi connectivity index (χ3v) is 4.61. The highest BCUT2D eigenvalue weighted by atomic mass is 32.2. The van der Waals surface area contributed by atoms with Gasteiger partial charge in [-0.2, -0.15) is 0 Å². The molecule has 0 aromatic heterocycles. The van der Waals surface area contributed by atoms with E-state index in [0.717, 1.165) is 9.79 Å². The van der Waals surface area contributed by atoms with Crippen LogP contribution in [-0.4, -0.2) is 10.2 Å². The molecule has 2 nitrogen and oxygen atoms in total. The molecule has 0 aliphatic rings. The maximum absolute atomic E-state index is 10.0. The Bertz CT molecular complexity index is 578. The lowest BCUT2D eigenvalue weighted by atomic mass is 10.0. The molecular weight excluding hydrogens is 280 g/mol. The van der Waals surface area contributed by atoms with Crippen molar-refractivity contribution in [3.05, 3.63) is 47.5 Å². The summed E-state index contributed by atoms with van der Waals surface area (Å²) in [5.41, 5.74) is 2.35. The smallest absolute Gasteiger partial charge is 0.129 e. The molecule has 0 aliphatic heterocycles. The molecule has 2 aromatic carbocycles. The molecule has 0 spiro atoms. The maximum atomic E-state index is 10.0. The standard InChI is InChI=1S/C18H22O2S/c1-11(2)13-5-7-15(19)17(9-13)21-18-10-14(12(3)4)6-8-16(18)20/h5-12,19-20H,1-4H3. The van der Waals surface area contributed by atoms with E-state index in [9.17, 15) is 10.2 Å². The van der Waals surface area contributed by atoms with Crippen LogP contribution in [0.5, 0.6) is 11.5 Å². The Kier molecular flexibility index (Phi) is 4.84. The van der Waals surface area contributed by atoms with Crippen molar-refractivity contribution in [2.75, 3.05) is 0 Å². The number of benzene rings is 2. The summed E-state index contributed by atoms with van der Waals surface area (Å²) in [6.07, 6.45) is 0. The van der Waals surface area contributed by atoms with Crippen molar-refractivity contribution in [3.8, 4) is 11.5 Å². The van der Waals surface area contributed by atoms with Gasteiger partial charge in [0.05, 0.1) is 9.79 Å². The van der Waals surface area contributed by atoms with Crippen molar-refractivity contribution in [1.82, 2.24) is 0 Å². The summed E-state index contributed by atoms with van der Waals surface area (Å²) in [7, 11) is 0. The molecule has 0 aliphatic carbocycles. The molecule has 0 bridgehead atoms. The van der Waals surface area contributed by atoms with Crippen LogP contribution in [0.15, 0.2) is 46.2 Å². The Labute approximate surface area is 130 Å². The minimum atomic E-state index is 0.249. The Morgan fingerprint density at radius 1 is 0.714 bits per heavy atom. The van der Waals surface area contributed by atoms with E-state index in [0.29, 0.717) is 11.8 Å². The molecule has 2 N–H and O–H groups in total. The molecule has 0 unspecified atom stereocenters. The Morgan fingerprint density at radius 3 is 1.43 bits per heavy atom. The average molecular weight is 302 g/mol. The lowest BCUT2D eigenvalue weighted by Crippen LogP contribution is -1.89. The summed E-state index contributed by atoms with van der Waals surface area (Å²) in [5, 5.41) is 20.1. The van der Waals surface area contributed by atoms with Crippen LogP contribution in [0, 0.1) is 0 Å². The van der Waals surface area contributed by atoms with Crippen LogP contribution in [-0.2, 0) is 0 Å². The Hall–Kier alpha value is -1.61. The largest absolute Gasteiger partial charge is 0.507 e. The summed E-state index contributed by atoms with van der Waals surface area (Å²) in [6, 6.07) is 11.3. The first-order chi connectivity index (χ1) is 9.88. The summed E-state index contributed by atoms with van der Waals surface area (Å²) >= 11 is 1.40. The maximum Gasteiger partial charge on any atom is 0.129 e. The van der Waals surface area contributed by atoms with E-state index in [4.69, 9.17) is 0 Å². The van der Waals surface area contributed by atoms with Gasteiger partial charge < -0.3 is 10.2 Å². The summed E-state index contributed by atoms with van der Waals surface area (Å²) < 4.78 is 0. The van der Waals surface area contributed by atoms with Gasteiger partial charge in [-0.05, 0) is 47.2 Å². The molecule has 0 atom stereocenters. The molecule has 2 rings (SSSR count). The van der Waals surface area contributed by atoms with Gasteiger partial charge in [-0.15, -0.1) is 0 Å². The fourth-order valence-corrected chi connectivity index (χ4v) is 3.03. The molecule has 0 saturated carbocycles. The van der Waals surface area contributed by atoms with Gasteiger partial charge in [0.25, 0.3) is 0 Å². The highest BCUT2D eigenvalue weighted by Crippen LogP contribution is 2.41. The van der Waals surface area contributed by atoms with Gasteiger partial charge in [0, 0.05) is 0 Å². The highest BCUT2D eigenvalue weighted by molar-refractivity contribution is 7.99. The first-order valence-electron chi connectivity index (χ1n) is 7.22. The second-order valence-electron chi connectivity index (χ2n) is 5.87. The zero-order valence-electron chi connectivity index (χ0n) is 12.9. The van der Waals surface area contributed by atoms with Crippen molar-refractivity contribution < 1.29 is 10.2 Å². The van der Waals surface area contributed by atoms with Crippen LogP contribution in [0.1, 0.15) is 50.7 Å². The minimum Gasteiger partial charge on any atom is -0.507 e. The zero-order chi connectivity index (χ0) is 15.6. The van der Waals surface area contributed by atoms with Crippen LogP contribution < -0.4 is 0 Å². The van der Waals surface area contributed by atoms with Crippen molar-refractivity contribution in [2.24, 2.45) is 0 Å². The number of aromatic hydroxyl groups is 2. The average Bonchev–Trinajstić information content (AvgIpc) is 2.43. The zero-order valence-corrected chi connectivity index (χ0v) is 13.7. The van der Waals surface area contributed by atoms with Crippen LogP contribution >= 0.6 is 11.8 Å². The highest BCUT2D eigenvalue weighted by Gasteiger charge is 2.11. The molecule has 112 valence electrons. The molecule has 0 fully saturated rings. The van der Waals surface area contributed by atoms with Crippen LogP contribution in [0.25, 0.3) is 0 Å². The van der Waals surface area contributed by atoms with Gasteiger partial charge in [0.15, 0.2) is 0 Å². The Morgan fingerprint density at radius 2 is 1.10 bits per heavy atom. The van der Waals surface area contributed by atoms with Crippen molar-refractivity contribution >= 4 is 11.8 Å². The van der Waals surface area contributed by atoms with E-state index in [1.165, 1.54) is 22.9 Å². The van der Waals surface area contributed by atoms with Crippen molar-refractivity contribution in [3.63, 3.8) is 0 Å². The second-order valence-corrected chi connectivity index (χ2v) is 6.95. The molecule has 2 aromatic rings. The van der Waals surface area contributed by atoms with Crippen molar-refractivity contribution in [1.29, 1.82) is 0 Å². The number of hydrogen-bond donors (Lipinski definition) is 2. The first-order valence-corrected chi connectivity index (χ1v) is 8.03. The fraction of sp³-hybridized carbons (Fsp3) is 0.333. The molecule has 0 radical (unpaired) electrons. The second kappa shape index (κ2) is 6.44. The fourth-order valence-electron chi connectivity index (χ4n) is 2.06. The molecular formula is C18H22O2S. The monoisotopic (exact) mass is 302 g/mol. The summed E-state index contributed by atoms with van der Waals surface area (Å²) in [6.45, 7) is 8.49. The quantitative estimate of drug-likeness (QED) is 0.784. The molecule has 0 amide bonds. The third-order valence-electron chi connectivity index (χ3n) is 3.52. The van der Waals surface area contributed by atoms with Crippen molar-refractivity contribution in [2.45, 2.75) is 49.3 Å². The number of phenolic OH excluding ortho intramolecular Hbond substituents is 2. The van der Waals surface area contributed by atoms with Gasteiger partial charge >= 0.3 is 0 Å². The van der Waals surface area contributed by atoms with Crippen LogP contribution in [0.2, 0.25) is 0 Å². The van der Waals surface area contributed by atoms with Gasteiger partial charge in [-0.1, -0.05) is 51.6 Å². The summed E-state index contributed by atoms with van der Waals surface area (Å²) in [4.78, 5) is 1.55. The van der Waals surface area contributed by atoms with Gasteiger partial charge in [0.1, 0.15) is 11.5 Å². The van der Waals surface area contributed by atoms with E-state index < -0.39 is 0 Å². The lowest BCUT2D eigenvalue weighted by molar-refractivity contribution is 0.459. The van der Waals surface area contributed by atoms with Crippen LogP contribution in [0.4, 0.5) is 0 Å². The SMILES string of the molecule is CC(C)c1ccc(O)c(Sc2cc(C(C)C)ccc2O)c1. The van der Waals surface area contributed by atoms with E-state index in [-0.39, 0.29) is 11.5 Å². The third kappa shape index (κ3) is 3.73. The van der Waals surface area contributed by atoms with E-state index in [2.05, 4.69) is 27.7 Å². The molecule has 3 heteroatoms. The first kappa shape index (κ1) is 15.8.